The van der Waals surface area contributed by atoms with E-state index < -0.39 is 28.5 Å². The molecule has 4 rings (SSSR count). The van der Waals surface area contributed by atoms with E-state index in [9.17, 15) is 18.0 Å². The summed E-state index contributed by atoms with van der Waals surface area (Å²) in [6.45, 7) is 1.96. The van der Waals surface area contributed by atoms with E-state index in [1.54, 1.807) is 31.2 Å². The van der Waals surface area contributed by atoms with Crippen molar-refractivity contribution in [3.63, 3.8) is 0 Å². The van der Waals surface area contributed by atoms with Crippen LogP contribution in [0, 0.1) is 0 Å². The number of hydrogen-bond donors (Lipinski definition) is 1. The largest absolute Gasteiger partial charge is 0.489 e. The first-order valence-corrected chi connectivity index (χ1v) is 16.4. The van der Waals surface area contributed by atoms with E-state index in [0.29, 0.717) is 24.5 Å². The number of nitrogens with one attached hydrogen (secondary N) is 1. The van der Waals surface area contributed by atoms with Crippen LogP contribution in [0.1, 0.15) is 50.2 Å². The predicted molar refractivity (Wildman–Crippen MR) is 166 cm³/mol. The summed E-state index contributed by atoms with van der Waals surface area (Å²) in [6.07, 6.45) is 6.82. The van der Waals surface area contributed by atoms with Gasteiger partial charge in [-0.25, -0.2) is 8.42 Å². The molecule has 0 unspecified atom stereocenters. The van der Waals surface area contributed by atoms with Crippen molar-refractivity contribution in [1.29, 1.82) is 0 Å². The molecule has 9 heteroatoms. The molecule has 1 aliphatic rings. The van der Waals surface area contributed by atoms with Crippen LogP contribution in [0.25, 0.3) is 0 Å². The van der Waals surface area contributed by atoms with E-state index >= 15 is 0 Å². The van der Waals surface area contributed by atoms with Crippen LogP contribution in [-0.2, 0) is 32.6 Å². The molecule has 42 heavy (non-hydrogen) atoms. The highest BCUT2D eigenvalue weighted by Crippen LogP contribution is 2.23. The minimum atomic E-state index is -3.81. The molecule has 0 heterocycles. The molecule has 0 spiro atoms. The number of carbonyl (C=O) groups excluding carboxylic acids is 2. The second-order valence-corrected chi connectivity index (χ2v) is 12.8. The number of ether oxygens (including phenoxy) is 1. The van der Waals surface area contributed by atoms with Gasteiger partial charge in [-0.3, -0.25) is 13.9 Å². The summed E-state index contributed by atoms with van der Waals surface area (Å²) in [6, 6.07) is 25.5. The Morgan fingerprint density at radius 3 is 2.07 bits per heavy atom. The molecule has 0 radical (unpaired) electrons. The highest BCUT2D eigenvalue weighted by Gasteiger charge is 2.31. The SMILES string of the molecule is C[C@@H](C(=O)NC1CCCCC1)N(CCc1ccccc1)C(=O)CN(c1ccc(OCc2ccccc2)cc1)S(C)(=O)=O. The molecule has 224 valence electrons. The Labute approximate surface area is 249 Å². The monoisotopic (exact) mass is 591 g/mol. The lowest BCUT2D eigenvalue weighted by atomic mass is 9.95. The molecule has 1 fully saturated rings. The molecular formula is C33H41N3O5S. The van der Waals surface area contributed by atoms with Gasteiger partial charge in [0.05, 0.1) is 11.9 Å². The summed E-state index contributed by atoms with van der Waals surface area (Å²) >= 11 is 0. The van der Waals surface area contributed by atoms with Gasteiger partial charge in [0.2, 0.25) is 21.8 Å². The van der Waals surface area contributed by atoms with Gasteiger partial charge in [0.1, 0.15) is 24.9 Å². The van der Waals surface area contributed by atoms with Gasteiger partial charge in [0, 0.05) is 12.6 Å². The third-order valence-corrected chi connectivity index (χ3v) is 8.80. The highest BCUT2D eigenvalue weighted by atomic mass is 32.2. The van der Waals surface area contributed by atoms with Crippen molar-refractivity contribution < 1.29 is 22.7 Å². The standard InChI is InChI=1S/C33H41N3O5S/c1-26(33(38)34-29-16-10-5-11-17-29)35(23-22-27-12-6-3-7-13-27)32(37)24-36(42(2,39)40)30-18-20-31(21-19-30)41-25-28-14-8-4-9-15-28/h3-4,6-9,12-15,18-21,26,29H,5,10-11,16-17,22-25H2,1-2H3,(H,34,38)/t26-/m0/s1. The Balaban J connectivity index is 1.48. The zero-order valence-electron chi connectivity index (χ0n) is 24.4. The molecule has 3 aromatic rings. The van der Waals surface area contributed by atoms with Gasteiger partial charge in [0.15, 0.2) is 0 Å². The molecule has 1 saturated carbocycles. The first-order chi connectivity index (χ1) is 20.2. The van der Waals surface area contributed by atoms with Crippen molar-refractivity contribution >= 4 is 27.5 Å². The number of anilines is 1. The van der Waals surface area contributed by atoms with E-state index in [-0.39, 0.29) is 18.5 Å². The van der Waals surface area contributed by atoms with Crippen molar-refractivity contribution in [2.24, 2.45) is 0 Å². The molecule has 8 nitrogen and oxygen atoms in total. The highest BCUT2D eigenvalue weighted by molar-refractivity contribution is 7.92. The fraction of sp³-hybridized carbons (Fsp3) is 0.394. The Morgan fingerprint density at radius 1 is 0.881 bits per heavy atom. The van der Waals surface area contributed by atoms with Crippen molar-refractivity contribution in [2.75, 3.05) is 23.7 Å². The smallest absolute Gasteiger partial charge is 0.244 e. The van der Waals surface area contributed by atoms with Crippen molar-refractivity contribution in [2.45, 2.75) is 64.1 Å². The zero-order valence-corrected chi connectivity index (χ0v) is 25.3. The van der Waals surface area contributed by atoms with E-state index in [4.69, 9.17) is 4.74 Å². The molecule has 2 amide bonds. The Bertz CT molecular complexity index is 1390. The minimum Gasteiger partial charge on any atom is -0.489 e. The van der Waals surface area contributed by atoms with Crippen LogP contribution in [0.4, 0.5) is 5.69 Å². The predicted octanol–water partition coefficient (Wildman–Crippen LogP) is 4.94. The van der Waals surface area contributed by atoms with Gasteiger partial charge in [0.25, 0.3) is 0 Å². The lowest BCUT2D eigenvalue weighted by Crippen LogP contribution is -2.53. The maximum atomic E-state index is 13.8. The fourth-order valence-electron chi connectivity index (χ4n) is 5.20. The van der Waals surface area contributed by atoms with E-state index in [1.165, 1.54) is 11.3 Å². The number of benzene rings is 3. The van der Waals surface area contributed by atoms with Crippen LogP contribution in [-0.4, -0.2) is 56.6 Å². The van der Waals surface area contributed by atoms with Crippen LogP contribution in [0.2, 0.25) is 0 Å². The average Bonchev–Trinajstić information content (AvgIpc) is 3.00. The molecule has 0 aliphatic heterocycles. The number of rotatable bonds is 13. The molecule has 1 aliphatic carbocycles. The number of amides is 2. The molecule has 0 bridgehead atoms. The van der Waals surface area contributed by atoms with E-state index in [0.717, 1.165) is 47.4 Å². The van der Waals surface area contributed by atoms with Crippen LogP contribution in [0.3, 0.4) is 0 Å². The lowest BCUT2D eigenvalue weighted by molar-refractivity contribution is -0.139. The number of sulfonamides is 1. The van der Waals surface area contributed by atoms with Gasteiger partial charge in [-0.1, -0.05) is 79.9 Å². The average molecular weight is 592 g/mol. The Morgan fingerprint density at radius 2 is 1.48 bits per heavy atom. The zero-order chi connectivity index (χ0) is 30.0. The van der Waals surface area contributed by atoms with E-state index in [1.807, 2.05) is 60.7 Å². The summed E-state index contributed by atoms with van der Waals surface area (Å²) in [5.41, 5.74) is 2.39. The quantitative estimate of drug-likeness (QED) is 0.304. The van der Waals surface area contributed by atoms with Crippen molar-refractivity contribution in [3.8, 4) is 5.75 Å². The maximum Gasteiger partial charge on any atom is 0.244 e. The lowest BCUT2D eigenvalue weighted by Gasteiger charge is -2.33. The van der Waals surface area contributed by atoms with Crippen LogP contribution in [0.15, 0.2) is 84.9 Å². The van der Waals surface area contributed by atoms with E-state index in [2.05, 4.69) is 5.32 Å². The topological polar surface area (TPSA) is 96.0 Å². The second kappa shape index (κ2) is 14.9. The Kier molecular flexibility index (Phi) is 11.0. The first kappa shape index (κ1) is 31.1. The molecule has 1 atom stereocenters. The van der Waals surface area contributed by atoms with Gasteiger partial charge in [-0.15, -0.1) is 0 Å². The molecule has 0 aromatic heterocycles. The Hall–Kier alpha value is -3.85. The van der Waals surface area contributed by atoms with Gasteiger partial charge < -0.3 is 15.0 Å². The van der Waals surface area contributed by atoms with Crippen LogP contribution < -0.4 is 14.4 Å². The normalized spacial score (nSPS) is 14.5. The second-order valence-electron chi connectivity index (χ2n) is 10.9. The maximum absolute atomic E-state index is 13.8. The summed E-state index contributed by atoms with van der Waals surface area (Å²) < 4.78 is 32.7. The number of nitrogens with zero attached hydrogens (tertiary/aromatic N) is 2. The number of carbonyl (C=O) groups is 2. The molecule has 0 saturated heterocycles. The first-order valence-electron chi connectivity index (χ1n) is 14.6. The van der Waals surface area contributed by atoms with Gasteiger partial charge in [-0.05, 0) is 61.6 Å². The van der Waals surface area contributed by atoms with Crippen LogP contribution in [0.5, 0.6) is 5.75 Å². The summed E-state index contributed by atoms with van der Waals surface area (Å²) in [7, 11) is -3.81. The minimum absolute atomic E-state index is 0.106. The summed E-state index contributed by atoms with van der Waals surface area (Å²) in [5, 5.41) is 3.12. The summed E-state index contributed by atoms with van der Waals surface area (Å²) in [4.78, 5) is 28.5. The van der Waals surface area contributed by atoms with Crippen molar-refractivity contribution in [3.05, 3.63) is 96.1 Å². The fourth-order valence-corrected chi connectivity index (χ4v) is 6.05. The molecule has 1 N–H and O–H groups in total. The van der Waals surface area contributed by atoms with Crippen molar-refractivity contribution in [1.82, 2.24) is 10.2 Å². The summed E-state index contributed by atoms with van der Waals surface area (Å²) in [5.74, 6) is -0.0685. The van der Waals surface area contributed by atoms with Crippen LogP contribution >= 0.6 is 0 Å². The molecular weight excluding hydrogens is 550 g/mol. The van der Waals surface area contributed by atoms with Gasteiger partial charge in [-0.2, -0.15) is 0 Å². The third-order valence-electron chi connectivity index (χ3n) is 7.66. The number of hydrogen-bond acceptors (Lipinski definition) is 5. The molecule has 3 aromatic carbocycles. The van der Waals surface area contributed by atoms with Gasteiger partial charge >= 0.3 is 0 Å². The third kappa shape index (κ3) is 9.08.